The van der Waals surface area contributed by atoms with Gasteiger partial charge in [-0.05, 0) is 43.0 Å². The maximum atomic E-state index is 12.1. The van der Waals surface area contributed by atoms with Gasteiger partial charge in [-0.15, -0.1) is 12.4 Å². The lowest BCUT2D eigenvalue weighted by molar-refractivity contribution is -0.122. The molecule has 0 saturated carbocycles. The van der Waals surface area contributed by atoms with Crippen molar-refractivity contribution in [3.8, 4) is 5.75 Å². The Morgan fingerprint density at radius 2 is 2.14 bits per heavy atom. The highest BCUT2D eigenvalue weighted by Gasteiger charge is 2.17. The molecule has 118 valence electrons. The van der Waals surface area contributed by atoms with Gasteiger partial charge in [0.25, 0.3) is 0 Å². The lowest BCUT2D eigenvalue weighted by Crippen LogP contribution is -2.45. The average molecular weight is 313 g/mol. The van der Waals surface area contributed by atoms with Crippen molar-refractivity contribution in [1.29, 1.82) is 0 Å². The summed E-state index contributed by atoms with van der Waals surface area (Å²) in [5, 5.41) is 6.43. The first kappa shape index (κ1) is 17.8. The number of halogens is 1. The molecule has 21 heavy (non-hydrogen) atoms. The van der Waals surface area contributed by atoms with Crippen LogP contribution in [0.3, 0.4) is 0 Å². The molecule has 1 aromatic rings. The minimum absolute atomic E-state index is 0. The van der Waals surface area contributed by atoms with E-state index in [-0.39, 0.29) is 24.2 Å². The Morgan fingerprint density at radius 3 is 2.71 bits per heavy atom. The van der Waals surface area contributed by atoms with E-state index < -0.39 is 0 Å². The molecule has 1 unspecified atom stereocenters. The van der Waals surface area contributed by atoms with Gasteiger partial charge in [0, 0.05) is 19.0 Å². The van der Waals surface area contributed by atoms with E-state index >= 15 is 0 Å². The van der Waals surface area contributed by atoms with Crippen LogP contribution in [0.15, 0.2) is 24.3 Å². The summed E-state index contributed by atoms with van der Waals surface area (Å²) in [7, 11) is 1.66. The van der Waals surface area contributed by atoms with Crippen LogP contribution in [0.2, 0.25) is 0 Å². The Morgan fingerprint density at radius 1 is 1.43 bits per heavy atom. The topological polar surface area (TPSA) is 50.4 Å². The lowest BCUT2D eigenvalue weighted by atomic mass is 9.97. The number of piperidine rings is 1. The molecule has 0 aliphatic carbocycles. The van der Waals surface area contributed by atoms with Crippen molar-refractivity contribution in [2.75, 3.05) is 20.2 Å². The van der Waals surface area contributed by atoms with Crippen LogP contribution in [0.1, 0.15) is 37.7 Å². The Balaban J connectivity index is 0.00000220. The molecule has 1 heterocycles. The van der Waals surface area contributed by atoms with E-state index in [9.17, 15) is 4.79 Å². The van der Waals surface area contributed by atoms with Gasteiger partial charge < -0.3 is 15.4 Å². The zero-order valence-corrected chi connectivity index (χ0v) is 13.5. The first-order chi connectivity index (χ1) is 9.69. The molecule has 5 heteroatoms. The highest BCUT2D eigenvalue weighted by molar-refractivity contribution is 5.85. The maximum absolute atomic E-state index is 12.1. The molecule has 1 aliphatic rings. The summed E-state index contributed by atoms with van der Waals surface area (Å²) in [6, 6.07) is 8.22. The van der Waals surface area contributed by atoms with Crippen molar-refractivity contribution in [2.24, 2.45) is 0 Å². The highest BCUT2D eigenvalue weighted by atomic mass is 35.5. The van der Waals surface area contributed by atoms with Crippen molar-refractivity contribution in [3.05, 3.63) is 29.8 Å². The smallest absolute Gasteiger partial charge is 0.220 e. The second-order valence-electron chi connectivity index (χ2n) is 5.49. The Kier molecular flexibility index (Phi) is 7.54. The largest absolute Gasteiger partial charge is 0.497 e. The molecule has 1 aromatic carbocycles. The molecule has 0 bridgehead atoms. The summed E-state index contributed by atoms with van der Waals surface area (Å²) in [6.07, 6.45) is 2.75. The minimum Gasteiger partial charge on any atom is -0.497 e. The second kappa shape index (κ2) is 8.90. The number of amides is 1. The molecule has 0 spiro atoms. The lowest BCUT2D eigenvalue weighted by Gasteiger charge is -2.24. The zero-order valence-electron chi connectivity index (χ0n) is 12.7. The predicted octanol–water partition coefficient (Wildman–Crippen LogP) is 2.48. The number of carbonyl (C=O) groups is 1. The molecule has 2 rings (SSSR count). The number of rotatable bonds is 5. The van der Waals surface area contributed by atoms with E-state index in [0.717, 1.165) is 31.7 Å². The first-order valence-corrected chi connectivity index (χ1v) is 7.33. The van der Waals surface area contributed by atoms with E-state index in [2.05, 4.69) is 17.6 Å². The fourth-order valence-corrected chi connectivity index (χ4v) is 2.59. The van der Waals surface area contributed by atoms with Gasteiger partial charge in [0.1, 0.15) is 5.75 Å². The SMILES string of the molecule is COc1ccc(C(C)CC(=O)N[C@H]2CCCNC2)cc1.Cl. The molecule has 0 aromatic heterocycles. The minimum atomic E-state index is 0. The van der Waals surface area contributed by atoms with E-state index in [1.807, 2.05) is 24.3 Å². The summed E-state index contributed by atoms with van der Waals surface area (Å²) in [5.41, 5.74) is 1.17. The molecule has 2 N–H and O–H groups in total. The zero-order chi connectivity index (χ0) is 14.4. The molecular weight excluding hydrogens is 288 g/mol. The average Bonchev–Trinajstić information content (AvgIpc) is 2.48. The van der Waals surface area contributed by atoms with Gasteiger partial charge in [0.15, 0.2) is 0 Å². The van der Waals surface area contributed by atoms with Crippen molar-refractivity contribution in [2.45, 2.75) is 38.1 Å². The van der Waals surface area contributed by atoms with E-state index in [4.69, 9.17) is 4.74 Å². The third kappa shape index (κ3) is 5.56. The van der Waals surface area contributed by atoms with Gasteiger partial charge in [-0.2, -0.15) is 0 Å². The Hall–Kier alpha value is -1.26. The molecule has 1 fully saturated rings. The van der Waals surface area contributed by atoms with Crippen molar-refractivity contribution >= 4 is 18.3 Å². The molecule has 4 nitrogen and oxygen atoms in total. The third-order valence-electron chi connectivity index (χ3n) is 3.84. The summed E-state index contributed by atoms with van der Waals surface area (Å²) >= 11 is 0. The van der Waals surface area contributed by atoms with Gasteiger partial charge in [0.05, 0.1) is 7.11 Å². The van der Waals surface area contributed by atoms with Crippen molar-refractivity contribution in [1.82, 2.24) is 10.6 Å². The van der Waals surface area contributed by atoms with Crippen LogP contribution in [0.5, 0.6) is 5.75 Å². The maximum Gasteiger partial charge on any atom is 0.220 e. The number of carbonyl (C=O) groups excluding carboxylic acids is 1. The predicted molar refractivity (Wildman–Crippen MR) is 87.3 cm³/mol. The monoisotopic (exact) mass is 312 g/mol. The quantitative estimate of drug-likeness (QED) is 0.878. The summed E-state index contributed by atoms with van der Waals surface area (Å²) < 4.78 is 5.14. The van der Waals surface area contributed by atoms with Crippen LogP contribution in [0, 0.1) is 0 Å². The Bertz CT molecular complexity index is 430. The van der Waals surface area contributed by atoms with Gasteiger partial charge >= 0.3 is 0 Å². The van der Waals surface area contributed by atoms with Crippen LogP contribution in [0.25, 0.3) is 0 Å². The second-order valence-corrected chi connectivity index (χ2v) is 5.49. The van der Waals surface area contributed by atoms with Crippen LogP contribution in [0.4, 0.5) is 0 Å². The van der Waals surface area contributed by atoms with Gasteiger partial charge in [0.2, 0.25) is 5.91 Å². The van der Waals surface area contributed by atoms with E-state index in [0.29, 0.717) is 12.5 Å². The summed E-state index contributed by atoms with van der Waals surface area (Å²) in [6.45, 7) is 4.04. The van der Waals surface area contributed by atoms with Gasteiger partial charge in [-0.25, -0.2) is 0 Å². The van der Waals surface area contributed by atoms with Crippen LogP contribution in [-0.2, 0) is 4.79 Å². The van der Waals surface area contributed by atoms with Crippen LogP contribution < -0.4 is 15.4 Å². The summed E-state index contributed by atoms with van der Waals surface area (Å²) in [5.74, 6) is 1.21. The van der Waals surface area contributed by atoms with Gasteiger partial charge in [-0.3, -0.25) is 4.79 Å². The number of methoxy groups -OCH3 is 1. The number of hydrogen-bond donors (Lipinski definition) is 2. The van der Waals surface area contributed by atoms with E-state index in [1.54, 1.807) is 7.11 Å². The van der Waals surface area contributed by atoms with Crippen molar-refractivity contribution in [3.63, 3.8) is 0 Å². The van der Waals surface area contributed by atoms with Gasteiger partial charge in [-0.1, -0.05) is 19.1 Å². The third-order valence-corrected chi connectivity index (χ3v) is 3.84. The molecular formula is C16H25ClN2O2. The Labute approximate surface area is 133 Å². The fraction of sp³-hybridized carbons (Fsp3) is 0.562. The fourth-order valence-electron chi connectivity index (χ4n) is 2.59. The molecule has 2 atom stereocenters. The normalized spacial score (nSPS) is 19.2. The van der Waals surface area contributed by atoms with Crippen LogP contribution in [-0.4, -0.2) is 32.1 Å². The molecule has 1 amide bonds. The van der Waals surface area contributed by atoms with Crippen molar-refractivity contribution < 1.29 is 9.53 Å². The number of hydrogen-bond acceptors (Lipinski definition) is 3. The molecule has 1 aliphatic heterocycles. The van der Waals surface area contributed by atoms with Crippen LogP contribution >= 0.6 is 12.4 Å². The molecule has 0 radical (unpaired) electrons. The highest BCUT2D eigenvalue weighted by Crippen LogP contribution is 2.21. The molecule has 1 saturated heterocycles. The van der Waals surface area contributed by atoms with E-state index in [1.165, 1.54) is 5.56 Å². The number of benzene rings is 1. The number of nitrogens with one attached hydrogen (secondary N) is 2. The standard InChI is InChI=1S/C16H24N2O2.ClH/c1-12(13-5-7-15(20-2)8-6-13)10-16(19)18-14-4-3-9-17-11-14;/h5-8,12,14,17H,3-4,9-11H2,1-2H3,(H,18,19);1H/t12?,14-;/m0./s1. The number of ether oxygens (including phenoxy) is 1. The summed E-state index contributed by atoms with van der Waals surface area (Å²) in [4.78, 5) is 12.1. The first-order valence-electron chi connectivity index (χ1n) is 7.33.